The summed E-state index contributed by atoms with van der Waals surface area (Å²) in [6.07, 6.45) is 1.72. The Labute approximate surface area is 160 Å². The zero-order chi connectivity index (χ0) is 19.4. The highest BCUT2D eigenvalue weighted by molar-refractivity contribution is 6.13. The number of nitrogens with one attached hydrogen (secondary N) is 1. The van der Waals surface area contributed by atoms with Crippen molar-refractivity contribution < 1.29 is 9.59 Å². The molecule has 3 rings (SSSR count). The normalized spacial score (nSPS) is 15.4. The highest BCUT2D eigenvalue weighted by Crippen LogP contribution is 2.20. The molecule has 0 bridgehead atoms. The number of hydrogen-bond donors (Lipinski definition) is 1. The molecule has 1 N–H and O–H groups in total. The van der Waals surface area contributed by atoms with Crippen LogP contribution in [0.2, 0.25) is 0 Å². The monoisotopic (exact) mass is 363 g/mol. The van der Waals surface area contributed by atoms with Gasteiger partial charge in [-0.15, -0.1) is 0 Å². The van der Waals surface area contributed by atoms with Crippen LogP contribution in [0.3, 0.4) is 0 Å². The summed E-state index contributed by atoms with van der Waals surface area (Å²) in [5.41, 5.74) is 4.40. The Kier molecular flexibility index (Phi) is 5.60. The van der Waals surface area contributed by atoms with Crippen LogP contribution in [0.25, 0.3) is 6.08 Å². The molecule has 140 valence electrons. The van der Waals surface area contributed by atoms with Crippen LogP contribution in [0.4, 0.5) is 10.5 Å². The average Bonchev–Trinajstić information content (AvgIpc) is 2.93. The van der Waals surface area contributed by atoms with Gasteiger partial charge in [0.15, 0.2) is 0 Å². The molecule has 5 nitrogen and oxygen atoms in total. The van der Waals surface area contributed by atoms with Crippen molar-refractivity contribution in [1.29, 1.82) is 0 Å². The minimum Gasteiger partial charge on any atom is -0.372 e. The molecule has 27 heavy (non-hydrogen) atoms. The van der Waals surface area contributed by atoms with E-state index in [-0.39, 0.29) is 18.5 Å². The maximum atomic E-state index is 12.6. The number of hydrogen-bond acceptors (Lipinski definition) is 3. The van der Waals surface area contributed by atoms with E-state index in [0.29, 0.717) is 5.70 Å². The molecule has 0 saturated carbocycles. The molecule has 1 saturated heterocycles. The van der Waals surface area contributed by atoms with Gasteiger partial charge in [-0.2, -0.15) is 0 Å². The maximum absolute atomic E-state index is 12.6. The second-order valence-corrected chi connectivity index (χ2v) is 6.63. The number of carbonyl (C=O) groups is 2. The molecule has 0 aliphatic carbocycles. The van der Waals surface area contributed by atoms with Crippen LogP contribution < -0.4 is 10.2 Å². The molecule has 1 heterocycles. The highest BCUT2D eigenvalue weighted by atomic mass is 16.2. The number of nitrogens with zero attached hydrogens (tertiary/aromatic N) is 2. The van der Waals surface area contributed by atoms with E-state index in [9.17, 15) is 9.59 Å². The van der Waals surface area contributed by atoms with Crippen molar-refractivity contribution in [2.45, 2.75) is 27.3 Å². The molecule has 2 aromatic carbocycles. The van der Waals surface area contributed by atoms with Gasteiger partial charge in [0.1, 0.15) is 5.70 Å². The van der Waals surface area contributed by atoms with E-state index in [1.54, 1.807) is 6.08 Å². The van der Waals surface area contributed by atoms with Crippen molar-refractivity contribution in [3.05, 3.63) is 70.9 Å². The smallest absolute Gasteiger partial charge is 0.329 e. The van der Waals surface area contributed by atoms with Crippen molar-refractivity contribution in [3.8, 4) is 0 Å². The van der Waals surface area contributed by atoms with Gasteiger partial charge in [-0.1, -0.05) is 42.0 Å². The minimum absolute atomic E-state index is 0.267. The van der Waals surface area contributed by atoms with E-state index in [2.05, 4.69) is 24.1 Å². The fraction of sp³-hybridized carbons (Fsp3) is 0.273. The molecule has 2 aromatic rings. The number of rotatable bonds is 6. The van der Waals surface area contributed by atoms with Gasteiger partial charge in [-0.3, -0.25) is 9.69 Å². The molecule has 0 unspecified atom stereocenters. The fourth-order valence-corrected chi connectivity index (χ4v) is 3.13. The first kappa shape index (κ1) is 18.7. The Hall–Kier alpha value is -3.08. The third kappa shape index (κ3) is 4.19. The van der Waals surface area contributed by atoms with Crippen LogP contribution in [0.5, 0.6) is 0 Å². The number of anilines is 1. The van der Waals surface area contributed by atoms with Crippen LogP contribution in [0.15, 0.2) is 54.2 Å². The topological polar surface area (TPSA) is 52.7 Å². The lowest BCUT2D eigenvalue weighted by atomic mass is 10.1. The predicted molar refractivity (Wildman–Crippen MR) is 108 cm³/mol. The minimum atomic E-state index is -0.383. The summed E-state index contributed by atoms with van der Waals surface area (Å²) >= 11 is 0. The summed E-state index contributed by atoms with van der Waals surface area (Å²) in [5, 5.41) is 2.68. The lowest BCUT2D eigenvalue weighted by Gasteiger charge is -2.20. The van der Waals surface area contributed by atoms with Crippen LogP contribution in [-0.2, 0) is 11.3 Å². The summed E-state index contributed by atoms with van der Waals surface area (Å²) < 4.78 is 0. The van der Waals surface area contributed by atoms with Gasteiger partial charge in [-0.05, 0) is 50.1 Å². The van der Waals surface area contributed by atoms with Gasteiger partial charge in [0.05, 0.1) is 6.54 Å². The van der Waals surface area contributed by atoms with Crippen LogP contribution in [-0.4, -0.2) is 29.9 Å². The van der Waals surface area contributed by atoms with Gasteiger partial charge in [0.2, 0.25) is 0 Å². The lowest BCUT2D eigenvalue weighted by molar-refractivity contribution is -0.123. The summed E-state index contributed by atoms with van der Waals surface area (Å²) in [7, 11) is 0. The summed E-state index contributed by atoms with van der Waals surface area (Å²) in [6, 6.07) is 15.4. The SMILES string of the molecule is CCN(CC)c1ccc(/C=C2\NC(=O)N(Cc3ccc(C)cc3)C2=O)cc1. The summed E-state index contributed by atoms with van der Waals surface area (Å²) in [6.45, 7) is 8.40. The predicted octanol–water partition coefficient (Wildman–Crippen LogP) is 3.93. The van der Waals surface area contributed by atoms with Gasteiger partial charge >= 0.3 is 6.03 Å². The van der Waals surface area contributed by atoms with E-state index in [1.165, 1.54) is 4.90 Å². The van der Waals surface area contributed by atoms with Crippen molar-refractivity contribution in [1.82, 2.24) is 10.2 Å². The Morgan fingerprint density at radius 1 is 0.963 bits per heavy atom. The molecule has 1 fully saturated rings. The van der Waals surface area contributed by atoms with E-state index < -0.39 is 0 Å². The van der Waals surface area contributed by atoms with Gasteiger partial charge in [-0.25, -0.2) is 4.79 Å². The van der Waals surface area contributed by atoms with E-state index in [1.807, 2.05) is 55.5 Å². The molecule has 0 aromatic heterocycles. The van der Waals surface area contributed by atoms with Crippen LogP contribution in [0, 0.1) is 6.92 Å². The Bertz CT molecular complexity index is 850. The number of imide groups is 1. The zero-order valence-electron chi connectivity index (χ0n) is 16.0. The molecular formula is C22H25N3O2. The summed E-state index contributed by atoms with van der Waals surface area (Å²) in [5.74, 6) is -0.298. The second-order valence-electron chi connectivity index (χ2n) is 6.63. The fourth-order valence-electron chi connectivity index (χ4n) is 3.13. The third-order valence-corrected chi connectivity index (χ3v) is 4.76. The van der Waals surface area contributed by atoms with Crippen molar-refractivity contribution in [2.24, 2.45) is 0 Å². The quantitative estimate of drug-likeness (QED) is 0.625. The average molecular weight is 363 g/mol. The molecule has 3 amide bonds. The van der Waals surface area contributed by atoms with E-state index in [4.69, 9.17) is 0 Å². The number of aryl methyl sites for hydroxylation is 1. The van der Waals surface area contributed by atoms with Gasteiger partial charge in [0.25, 0.3) is 5.91 Å². The molecule has 5 heteroatoms. The first-order valence-corrected chi connectivity index (χ1v) is 9.27. The zero-order valence-corrected chi connectivity index (χ0v) is 16.0. The molecule has 0 atom stereocenters. The molecule has 1 aliphatic heterocycles. The molecular weight excluding hydrogens is 338 g/mol. The van der Waals surface area contributed by atoms with Crippen LogP contribution >= 0.6 is 0 Å². The summed E-state index contributed by atoms with van der Waals surface area (Å²) in [4.78, 5) is 28.3. The number of amides is 3. The van der Waals surface area contributed by atoms with Gasteiger partial charge in [0, 0.05) is 18.8 Å². The van der Waals surface area contributed by atoms with E-state index in [0.717, 1.165) is 35.5 Å². The van der Waals surface area contributed by atoms with Gasteiger partial charge < -0.3 is 10.2 Å². The molecule has 0 radical (unpaired) electrons. The standard InChI is InChI=1S/C22H25N3O2/c1-4-24(5-2)19-12-10-17(11-13-19)14-20-21(26)25(22(27)23-20)15-18-8-6-16(3)7-9-18/h6-14H,4-5,15H2,1-3H3,(H,23,27)/b20-14-. The first-order valence-electron chi connectivity index (χ1n) is 9.27. The highest BCUT2D eigenvalue weighted by Gasteiger charge is 2.33. The first-order chi connectivity index (χ1) is 13.0. The maximum Gasteiger partial charge on any atom is 0.329 e. The second kappa shape index (κ2) is 8.08. The lowest BCUT2D eigenvalue weighted by Crippen LogP contribution is -2.30. The number of benzene rings is 2. The number of carbonyl (C=O) groups excluding carboxylic acids is 2. The van der Waals surface area contributed by atoms with Crippen molar-refractivity contribution in [3.63, 3.8) is 0 Å². The van der Waals surface area contributed by atoms with Crippen molar-refractivity contribution in [2.75, 3.05) is 18.0 Å². The Morgan fingerprint density at radius 2 is 1.59 bits per heavy atom. The number of urea groups is 1. The Morgan fingerprint density at radius 3 is 2.19 bits per heavy atom. The van der Waals surface area contributed by atoms with Crippen LogP contribution in [0.1, 0.15) is 30.5 Å². The largest absolute Gasteiger partial charge is 0.372 e. The molecule has 1 aliphatic rings. The molecule has 0 spiro atoms. The van der Waals surface area contributed by atoms with Crippen molar-refractivity contribution >= 4 is 23.7 Å². The third-order valence-electron chi connectivity index (χ3n) is 4.76. The Balaban J connectivity index is 1.74. The van der Waals surface area contributed by atoms with E-state index >= 15 is 0 Å².